The van der Waals surface area contributed by atoms with Crippen LogP contribution in [0.4, 0.5) is 0 Å². The number of nitrogens with one attached hydrogen (secondary N) is 2. The van der Waals surface area contributed by atoms with E-state index < -0.39 is 0 Å². The molecule has 1 aliphatic rings. The monoisotopic (exact) mass is 522 g/mol. The summed E-state index contributed by atoms with van der Waals surface area (Å²) in [5, 5.41) is 18.8. The van der Waals surface area contributed by atoms with Gasteiger partial charge in [-0.25, -0.2) is 4.98 Å². The molecule has 0 radical (unpaired) electrons. The number of nitrogens with zero attached hydrogens (tertiary/aromatic N) is 4. The van der Waals surface area contributed by atoms with Crippen molar-refractivity contribution in [1.29, 1.82) is 0 Å². The number of H-pyrrole nitrogens is 2. The number of hydrogen-bond acceptors (Lipinski definition) is 5. The average molecular weight is 523 g/mol. The molecule has 6 rings (SSSR count). The summed E-state index contributed by atoms with van der Waals surface area (Å²) in [7, 11) is 0. The minimum Gasteiger partial charge on any atom is -0.492 e. The van der Waals surface area contributed by atoms with Crippen LogP contribution in [-0.4, -0.2) is 55.5 Å². The third-order valence-electron chi connectivity index (χ3n) is 8.03. The quantitative estimate of drug-likeness (QED) is 0.229. The first-order valence-corrected chi connectivity index (χ1v) is 14.3. The molecule has 1 saturated heterocycles. The SMILES string of the molecule is CC(C)Cc1nc(-c2ccc3[nH]nc(-c4ccc5ccc(OCCN6[C@H](C)CCC[C@@H]6C)cc5c4)c3c2)n[nH]1. The molecule has 7 heteroatoms. The lowest BCUT2D eigenvalue weighted by molar-refractivity contribution is 0.0852. The molecular formula is C32H38N6O. The Morgan fingerprint density at radius 1 is 0.897 bits per heavy atom. The normalized spacial score (nSPS) is 18.4. The van der Waals surface area contributed by atoms with E-state index >= 15 is 0 Å². The van der Waals surface area contributed by atoms with Gasteiger partial charge in [-0.05, 0) is 79.8 Å². The predicted molar refractivity (Wildman–Crippen MR) is 158 cm³/mol. The fraction of sp³-hybridized carbons (Fsp3) is 0.406. The van der Waals surface area contributed by atoms with Gasteiger partial charge in [0, 0.05) is 41.6 Å². The standard InChI is InChI=1S/C32H38N6O/c1-20(2)16-30-33-32(37-35-30)25-11-13-29-28(19-25)31(36-34-29)24-9-8-23-10-12-27(18-26(23)17-24)39-15-14-38-21(3)6-5-7-22(38)4/h8-13,17-22H,5-7,14-16H2,1-4H3,(H,34,36)(H,33,35,37)/t21-,22+. The van der Waals surface area contributed by atoms with E-state index in [1.165, 1.54) is 24.6 Å². The summed E-state index contributed by atoms with van der Waals surface area (Å²) in [6, 6.07) is 20.3. The fourth-order valence-corrected chi connectivity index (χ4v) is 5.92. The molecule has 0 aliphatic carbocycles. The summed E-state index contributed by atoms with van der Waals surface area (Å²) in [6.07, 6.45) is 4.78. The van der Waals surface area contributed by atoms with Crippen molar-refractivity contribution in [1.82, 2.24) is 30.3 Å². The molecule has 202 valence electrons. The number of likely N-dealkylation sites (tertiary alicyclic amines) is 1. The zero-order chi connectivity index (χ0) is 26.9. The predicted octanol–water partition coefficient (Wildman–Crippen LogP) is 7.01. The second-order valence-electron chi connectivity index (χ2n) is 11.5. The fourth-order valence-electron chi connectivity index (χ4n) is 5.92. The Balaban J connectivity index is 1.23. The molecule has 2 atom stereocenters. The summed E-state index contributed by atoms with van der Waals surface area (Å²) >= 11 is 0. The number of hydrogen-bond donors (Lipinski definition) is 2. The van der Waals surface area contributed by atoms with E-state index in [4.69, 9.17) is 9.72 Å². The van der Waals surface area contributed by atoms with Crippen molar-refractivity contribution in [2.75, 3.05) is 13.2 Å². The van der Waals surface area contributed by atoms with Crippen LogP contribution in [0.15, 0.2) is 54.6 Å². The van der Waals surface area contributed by atoms with Crippen LogP contribution in [-0.2, 0) is 6.42 Å². The van der Waals surface area contributed by atoms with Gasteiger partial charge in [-0.3, -0.25) is 15.1 Å². The summed E-state index contributed by atoms with van der Waals surface area (Å²) in [4.78, 5) is 7.30. The maximum absolute atomic E-state index is 6.22. The minimum atomic E-state index is 0.523. The highest BCUT2D eigenvalue weighted by atomic mass is 16.5. The highest BCUT2D eigenvalue weighted by molar-refractivity contribution is 5.97. The Morgan fingerprint density at radius 3 is 2.51 bits per heavy atom. The number of fused-ring (bicyclic) bond motifs is 2. The summed E-state index contributed by atoms with van der Waals surface area (Å²) in [6.45, 7) is 10.7. The van der Waals surface area contributed by atoms with Crippen molar-refractivity contribution in [2.24, 2.45) is 5.92 Å². The van der Waals surface area contributed by atoms with E-state index in [-0.39, 0.29) is 0 Å². The van der Waals surface area contributed by atoms with Crippen LogP contribution in [0, 0.1) is 5.92 Å². The van der Waals surface area contributed by atoms with Gasteiger partial charge in [0.25, 0.3) is 0 Å². The second kappa shape index (κ2) is 10.8. The second-order valence-corrected chi connectivity index (χ2v) is 11.5. The van der Waals surface area contributed by atoms with Gasteiger partial charge in [0.05, 0.1) is 11.2 Å². The zero-order valence-electron chi connectivity index (χ0n) is 23.4. The van der Waals surface area contributed by atoms with Crippen LogP contribution >= 0.6 is 0 Å². The molecule has 0 saturated carbocycles. The summed E-state index contributed by atoms with van der Waals surface area (Å²) in [5.41, 5.74) is 3.95. The first-order valence-electron chi connectivity index (χ1n) is 14.3. The van der Waals surface area contributed by atoms with E-state index in [1.54, 1.807) is 0 Å². The largest absolute Gasteiger partial charge is 0.492 e. The van der Waals surface area contributed by atoms with Crippen LogP contribution in [0.5, 0.6) is 5.75 Å². The molecule has 0 bridgehead atoms. The molecule has 39 heavy (non-hydrogen) atoms. The molecule has 2 aromatic heterocycles. The van der Waals surface area contributed by atoms with Gasteiger partial charge in [-0.2, -0.15) is 10.2 Å². The molecule has 3 heterocycles. The lowest BCUT2D eigenvalue weighted by Gasteiger charge is -2.38. The third-order valence-corrected chi connectivity index (χ3v) is 8.03. The molecule has 1 aliphatic heterocycles. The van der Waals surface area contributed by atoms with Crippen molar-refractivity contribution < 1.29 is 4.74 Å². The highest BCUT2D eigenvalue weighted by Crippen LogP contribution is 2.32. The first kappa shape index (κ1) is 25.6. The maximum Gasteiger partial charge on any atom is 0.181 e. The van der Waals surface area contributed by atoms with Crippen LogP contribution in [0.25, 0.3) is 44.3 Å². The first-order chi connectivity index (χ1) is 18.9. The van der Waals surface area contributed by atoms with Gasteiger partial charge in [-0.15, -0.1) is 0 Å². The Morgan fingerprint density at radius 2 is 1.69 bits per heavy atom. The van der Waals surface area contributed by atoms with Gasteiger partial charge in [0.2, 0.25) is 0 Å². The van der Waals surface area contributed by atoms with E-state index in [0.717, 1.165) is 57.6 Å². The van der Waals surface area contributed by atoms with Gasteiger partial charge >= 0.3 is 0 Å². The van der Waals surface area contributed by atoms with Gasteiger partial charge < -0.3 is 4.74 Å². The number of aromatic nitrogens is 5. The molecule has 2 N–H and O–H groups in total. The number of ether oxygens (including phenoxy) is 1. The van der Waals surface area contributed by atoms with Crippen molar-refractivity contribution >= 4 is 21.7 Å². The average Bonchev–Trinajstić information content (AvgIpc) is 3.56. The van der Waals surface area contributed by atoms with Crippen molar-refractivity contribution in [2.45, 2.75) is 65.5 Å². The van der Waals surface area contributed by atoms with E-state index in [9.17, 15) is 0 Å². The Hall–Kier alpha value is -3.71. The van der Waals surface area contributed by atoms with E-state index in [1.807, 2.05) is 6.07 Å². The third kappa shape index (κ3) is 5.41. The maximum atomic E-state index is 6.22. The molecule has 7 nitrogen and oxygen atoms in total. The lowest BCUT2D eigenvalue weighted by atomic mass is 9.98. The molecular weight excluding hydrogens is 484 g/mol. The Bertz CT molecular complexity index is 1570. The smallest absolute Gasteiger partial charge is 0.181 e. The topological polar surface area (TPSA) is 82.7 Å². The van der Waals surface area contributed by atoms with Crippen LogP contribution in [0.1, 0.15) is 52.8 Å². The summed E-state index contributed by atoms with van der Waals surface area (Å²) in [5.74, 6) is 3.07. The molecule has 0 amide bonds. The van der Waals surface area contributed by atoms with Crippen molar-refractivity contribution in [3.63, 3.8) is 0 Å². The number of piperidine rings is 1. The molecule has 5 aromatic rings. The molecule has 0 unspecified atom stereocenters. The molecule has 3 aromatic carbocycles. The Kier molecular flexibility index (Phi) is 7.09. The number of benzene rings is 3. The number of rotatable bonds is 8. The van der Waals surface area contributed by atoms with Crippen molar-refractivity contribution in [3.8, 4) is 28.4 Å². The van der Waals surface area contributed by atoms with Crippen LogP contribution < -0.4 is 4.74 Å². The summed E-state index contributed by atoms with van der Waals surface area (Å²) < 4.78 is 6.22. The van der Waals surface area contributed by atoms with E-state index in [0.29, 0.717) is 30.4 Å². The van der Waals surface area contributed by atoms with Gasteiger partial charge in [-0.1, -0.05) is 38.5 Å². The molecule has 0 spiro atoms. The van der Waals surface area contributed by atoms with Crippen LogP contribution in [0.3, 0.4) is 0 Å². The highest BCUT2D eigenvalue weighted by Gasteiger charge is 2.24. The number of aromatic amines is 2. The molecule has 1 fully saturated rings. The van der Waals surface area contributed by atoms with E-state index in [2.05, 4.69) is 102 Å². The Labute approximate surface area is 230 Å². The van der Waals surface area contributed by atoms with Gasteiger partial charge in [0.1, 0.15) is 18.2 Å². The van der Waals surface area contributed by atoms with Gasteiger partial charge in [0.15, 0.2) is 5.82 Å². The minimum absolute atomic E-state index is 0.523. The zero-order valence-corrected chi connectivity index (χ0v) is 23.4. The van der Waals surface area contributed by atoms with Crippen LogP contribution in [0.2, 0.25) is 0 Å². The van der Waals surface area contributed by atoms with Crippen molar-refractivity contribution in [3.05, 3.63) is 60.4 Å². The lowest BCUT2D eigenvalue weighted by Crippen LogP contribution is -2.45.